The predicted octanol–water partition coefficient (Wildman–Crippen LogP) is 15.5. The Bertz CT molecular complexity index is 4740. The van der Waals surface area contributed by atoms with Gasteiger partial charge in [0.05, 0.1) is 110 Å². The zero-order chi connectivity index (χ0) is 106. The Hall–Kier alpha value is -5.68. The molecule has 14 aliphatic rings. The quantitative estimate of drug-likeness (QED) is 0.0289. The molecule has 0 aromatic heterocycles. The first-order valence-electron chi connectivity index (χ1n) is 52.5. The lowest BCUT2D eigenvalue weighted by Crippen LogP contribution is -2.77. The maximum atomic E-state index is 13.8. The van der Waals surface area contributed by atoms with Crippen molar-refractivity contribution in [1.82, 2.24) is 16.0 Å². The number of rotatable bonds is 21. The van der Waals surface area contributed by atoms with Gasteiger partial charge in [-0.15, -0.1) is 0 Å². The third kappa shape index (κ3) is 19.5. The highest BCUT2D eigenvalue weighted by atomic mass is 16.7. The predicted molar refractivity (Wildman–Crippen MR) is 530 cm³/mol. The van der Waals surface area contributed by atoms with Crippen LogP contribution in [0, 0.1) is 120 Å². The van der Waals surface area contributed by atoms with Crippen LogP contribution in [-0.2, 0) is 76.0 Å². The molecular weight excluding hydrogens is 1810 g/mol. The standard InChI is InChI=1S/2C38H61NO9.C35H59NO9/c1-14-27-46-26-16-25-36(12,18-44-25)30-22(6)38(35(10,11)43)17-24(20(4)28(38)21(5)31(47-27)37(26,30)13)45-32(41)29(40)23(15-19(2)3)39-33(42)48-34(7,8)9;1-14-27-46-26-16-25-36(12,18-44-25)30-22(6)38(43)17-24(20(4)28(35(38,10)11)21(5)31(47-27)37(26,30)13)45-32(41)29(40)23(15-19(2)3)39-33(42)48-34(7,8)9;1-17(2)13-21(36-30(41)45-31(6,7)8)26(38)29(40)44-22-15-35(42)20(5)27-33(11)16-43-24(33)14-23(37)34(27,12)28(39)19(4)25(18(22)3)32(35,9)10/h2*14,19,21-27,29-31,40,43H,1,15-18H2,2-13H3,(H,39,42);17,19-24,26-28,37-39,42H,13-16H2,1-12H3,(H,36,41)/t2*21-,22-,23-,24?,25+,26-,27?,29?,30+,31-,36+,37+,38+;19-,20-,21-,22-,23-,24+,26?,27+,28-,33+,34+,35+/m000/s1. The minimum absolute atomic E-state index is 0.00633. The third-order valence-electron chi connectivity index (χ3n) is 37.7. The Labute approximate surface area is 840 Å². The molecule has 6 saturated carbocycles. The topological polar surface area (TPSA) is 420 Å². The molecule has 11 fully saturated rings. The number of carbonyl (C=O) groups is 6. The van der Waals surface area contributed by atoms with Crippen LogP contribution in [0.2, 0.25) is 0 Å². The molecule has 9 aliphatic carbocycles. The van der Waals surface area contributed by atoms with E-state index >= 15 is 0 Å². The molecule has 14 rings (SSSR count). The van der Waals surface area contributed by atoms with E-state index in [1.165, 1.54) is 0 Å². The summed E-state index contributed by atoms with van der Waals surface area (Å²) in [6, 6.07) is -2.78. The fourth-order valence-electron chi connectivity index (χ4n) is 31.7. The van der Waals surface area contributed by atoms with Gasteiger partial charge in [0, 0.05) is 105 Å². The summed E-state index contributed by atoms with van der Waals surface area (Å²) < 4.78 is 79.7. The molecule has 30 nitrogen and oxygen atoms in total. The van der Waals surface area contributed by atoms with Crippen LogP contribution >= 0.6 is 0 Å². The van der Waals surface area contributed by atoms with E-state index in [0.29, 0.717) is 57.5 Å². The van der Waals surface area contributed by atoms with Crippen LogP contribution < -0.4 is 16.0 Å². The maximum Gasteiger partial charge on any atom is 0.407 e. The average molecular weight is 1990 g/mol. The van der Waals surface area contributed by atoms with Crippen molar-refractivity contribution in [3.63, 3.8) is 0 Å². The summed E-state index contributed by atoms with van der Waals surface area (Å²) in [5.74, 6) is -4.27. The van der Waals surface area contributed by atoms with E-state index in [1.807, 2.05) is 111 Å². The van der Waals surface area contributed by atoms with Gasteiger partial charge in [-0.1, -0.05) is 182 Å². The number of nitrogens with one attached hydrogen (secondary N) is 3. The minimum atomic E-state index is -1.67. The fraction of sp³-hybridized carbons (Fsp3) is 0.856. The molecule has 7 unspecified atom stereocenters. The lowest BCUT2D eigenvalue weighted by Gasteiger charge is -2.72. The van der Waals surface area contributed by atoms with E-state index in [2.05, 4.69) is 105 Å². The van der Waals surface area contributed by atoms with Gasteiger partial charge in [-0.3, -0.25) is 0 Å². The Morgan fingerprint density at radius 3 is 1.01 bits per heavy atom. The molecule has 11 N–H and O–H groups in total. The van der Waals surface area contributed by atoms with E-state index in [0.717, 1.165) is 40.7 Å². The van der Waals surface area contributed by atoms with Gasteiger partial charge in [-0.25, -0.2) is 28.8 Å². The van der Waals surface area contributed by atoms with Crippen LogP contribution in [0.4, 0.5) is 14.4 Å². The summed E-state index contributed by atoms with van der Waals surface area (Å²) in [6.45, 7) is 80.6. The molecule has 141 heavy (non-hydrogen) atoms. The first-order chi connectivity index (χ1) is 64.5. The highest BCUT2D eigenvalue weighted by molar-refractivity contribution is 5.79. The molecule has 5 heterocycles. The lowest BCUT2D eigenvalue weighted by molar-refractivity contribution is -0.383. The van der Waals surface area contributed by atoms with E-state index in [-0.39, 0.29) is 136 Å². The summed E-state index contributed by atoms with van der Waals surface area (Å²) in [5.41, 5.74) is -5.68. The molecular formula is C111H181N3O27. The van der Waals surface area contributed by atoms with Crippen LogP contribution in [-0.4, -0.2) is 253 Å². The minimum Gasteiger partial charge on any atom is -0.456 e. The molecule has 38 atom stereocenters. The number of fused-ring (bicyclic) bond motifs is 12. The Balaban J connectivity index is 0.000000189. The van der Waals surface area contributed by atoms with E-state index < -0.39 is 188 Å². The van der Waals surface area contributed by atoms with Crippen LogP contribution in [0.5, 0.6) is 0 Å². The Morgan fingerprint density at radius 1 is 0.426 bits per heavy atom. The number of ether oxygens (including phenoxy) is 13. The van der Waals surface area contributed by atoms with Gasteiger partial charge in [0.15, 0.2) is 30.9 Å². The van der Waals surface area contributed by atoms with Crippen molar-refractivity contribution in [2.45, 2.75) is 463 Å². The molecule has 5 saturated heterocycles. The number of esters is 3. The van der Waals surface area contributed by atoms with E-state index in [1.54, 1.807) is 74.5 Å². The van der Waals surface area contributed by atoms with Gasteiger partial charge in [0.1, 0.15) is 35.1 Å². The second-order valence-electron chi connectivity index (χ2n) is 52.7. The molecule has 4 bridgehead atoms. The average Bonchev–Trinajstić information content (AvgIpc) is 0.750. The molecule has 5 aliphatic heterocycles. The van der Waals surface area contributed by atoms with Crippen molar-refractivity contribution in [3.8, 4) is 0 Å². The molecule has 0 aromatic carbocycles. The number of aliphatic hydroxyl groups excluding tert-OH is 5. The van der Waals surface area contributed by atoms with E-state index in [9.17, 15) is 69.6 Å². The van der Waals surface area contributed by atoms with Crippen molar-refractivity contribution in [2.75, 3.05) is 19.8 Å². The third-order valence-corrected chi connectivity index (χ3v) is 37.7. The molecule has 0 aromatic rings. The largest absolute Gasteiger partial charge is 0.456 e. The van der Waals surface area contributed by atoms with Crippen molar-refractivity contribution >= 4 is 36.2 Å². The summed E-state index contributed by atoms with van der Waals surface area (Å²) >= 11 is 0. The monoisotopic (exact) mass is 1990 g/mol. The Morgan fingerprint density at radius 2 is 0.716 bits per heavy atom. The maximum absolute atomic E-state index is 13.8. The van der Waals surface area contributed by atoms with E-state index in [4.69, 9.17) is 61.6 Å². The van der Waals surface area contributed by atoms with Crippen LogP contribution in [0.15, 0.2) is 58.7 Å². The molecule has 3 amide bonds. The van der Waals surface area contributed by atoms with Crippen LogP contribution in [0.3, 0.4) is 0 Å². The van der Waals surface area contributed by atoms with Crippen LogP contribution in [0.25, 0.3) is 0 Å². The number of hydrogen-bond donors (Lipinski definition) is 11. The van der Waals surface area contributed by atoms with Gasteiger partial charge in [-0.2, -0.15) is 0 Å². The van der Waals surface area contributed by atoms with Crippen molar-refractivity contribution in [1.29, 1.82) is 0 Å². The number of amides is 3. The van der Waals surface area contributed by atoms with Gasteiger partial charge >= 0.3 is 36.2 Å². The summed E-state index contributed by atoms with van der Waals surface area (Å²) in [4.78, 5) is 79.2. The number of carbonyl (C=O) groups excluding carboxylic acids is 6. The zero-order valence-electron chi connectivity index (χ0n) is 91.9. The molecule has 30 heteroatoms. The SMILES string of the molecule is C=CC1O[C@H]2C[C@H]3OC[C@@]3(C)[C@H]3[C@H](C)[C@]4(C(C)(C)O)CC(OC(=O)C(O)[C@H](CC(C)C)NC(=O)OC(C)(C)C)C(C)=C4[C@H](C)[C@H](O1)[C@]23C.C=CC1O[C@H]2C[C@H]3OC[C@@]3(C)[C@H]3[C@H](C)[C@]4(O)CC(OC(=O)C(O)[C@H](CC(C)C)NC(=O)OC(C)(C)C)C(C)=C([C@H](C)[C@H](O1)[C@]23C)C4(C)C.CC1=C2[C@H](C)[C@H](O)[C@@]3(C)[C@H]([C@H](C)[C@](O)(C[C@@H]1OC(=O)C(O)[C@H](CC(C)C)NC(=O)OC(C)(C)C)C2(C)C)[C@]1(C)CO[C@@H]1C[C@@H]3O. The lowest BCUT2D eigenvalue weighted by atomic mass is 9.39. The first kappa shape index (κ1) is 114. The normalized spacial score (nSPS) is 42.4. The summed E-state index contributed by atoms with van der Waals surface area (Å²) in [6.07, 6.45) is -6.42. The first-order valence-corrected chi connectivity index (χ1v) is 52.5. The number of hydrogen-bond acceptors (Lipinski definition) is 27. The number of alkyl carbamates (subject to hydrolysis) is 3. The molecule has 802 valence electrons. The highest BCUT2D eigenvalue weighted by Crippen LogP contribution is 2.76. The second kappa shape index (κ2) is 39.3. The molecule has 0 radical (unpaired) electrons. The highest BCUT2D eigenvalue weighted by Gasteiger charge is 2.79. The number of aliphatic hydroxyl groups is 8. The smallest absolute Gasteiger partial charge is 0.407 e. The van der Waals surface area contributed by atoms with Gasteiger partial charge in [0.25, 0.3) is 0 Å². The van der Waals surface area contributed by atoms with Gasteiger partial charge < -0.3 is 118 Å². The summed E-state index contributed by atoms with van der Waals surface area (Å²) in [7, 11) is 0. The summed E-state index contributed by atoms with van der Waals surface area (Å²) in [5, 5.41) is 104. The van der Waals surface area contributed by atoms with Crippen molar-refractivity contribution < 1.29 is 131 Å². The van der Waals surface area contributed by atoms with Crippen LogP contribution in [0.1, 0.15) is 307 Å². The van der Waals surface area contributed by atoms with Crippen molar-refractivity contribution in [2.24, 2.45) is 120 Å². The van der Waals surface area contributed by atoms with Gasteiger partial charge in [-0.05, 0) is 198 Å². The van der Waals surface area contributed by atoms with Gasteiger partial charge in [0.2, 0.25) is 0 Å². The van der Waals surface area contributed by atoms with Crippen molar-refractivity contribution in [3.05, 3.63) is 58.7 Å². The fourth-order valence-corrected chi connectivity index (χ4v) is 31.7. The Kier molecular flexibility index (Phi) is 31.8. The zero-order valence-corrected chi connectivity index (χ0v) is 91.9. The molecule has 0 spiro atoms. The second-order valence-corrected chi connectivity index (χ2v) is 52.7.